The number of piperidine rings is 1. The lowest BCUT2D eigenvalue weighted by Crippen LogP contribution is -2.64. The van der Waals surface area contributed by atoms with Crippen molar-refractivity contribution >= 4 is 11.8 Å². The Hall–Kier alpha value is -2.71. The van der Waals surface area contributed by atoms with Crippen LogP contribution in [0.2, 0.25) is 0 Å². The molecule has 8 heteroatoms. The van der Waals surface area contributed by atoms with E-state index in [1.165, 1.54) is 5.56 Å². The number of fused-ring (bicyclic) bond motifs is 2. The Labute approximate surface area is 201 Å². The molecule has 6 atom stereocenters. The second-order valence-electron chi connectivity index (χ2n) is 10.6. The van der Waals surface area contributed by atoms with Crippen molar-refractivity contribution in [3.63, 3.8) is 0 Å². The summed E-state index contributed by atoms with van der Waals surface area (Å²) < 4.78 is 0. The summed E-state index contributed by atoms with van der Waals surface area (Å²) in [4.78, 5) is 26.8. The van der Waals surface area contributed by atoms with Crippen molar-refractivity contribution < 1.29 is 4.79 Å². The van der Waals surface area contributed by atoms with Crippen molar-refractivity contribution in [3.05, 3.63) is 53.5 Å². The molecule has 8 nitrogen and oxygen atoms in total. The predicted molar refractivity (Wildman–Crippen MR) is 131 cm³/mol. The molecule has 34 heavy (non-hydrogen) atoms. The Kier molecular flexibility index (Phi) is 5.65. The van der Waals surface area contributed by atoms with Crippen molar-refractivity contribution in [3.8, 4) is 0 Å². The molecule has 0 spiro atoms. The summed E-state index contributed by atoms with van der Waals surface area (Å²) in [5.74, 6) is 2.01. The first-order valence-electron chi connectivity index (χ1n) is 12.7. The molecular formula is C26H35N7O. The Morgan fingerprint density at radius 2 is 1.94 bits per heavy atom. The van der Waals surface area contributed by atoms with Crippen LogP contribution in [0.5, 0.6) is 0 Å². The summed E-state index contributed by atoms with van der Waals surface area (Å²) in [5, 5.41) is 3.38. The number of hydrogen-bond donors (Lipinski definition) is 3. The Morgan fingerprint density at radius 1 is 1.03 bits per heavy atom. The number of rotatable bonds is 3. The summed E-state index contributed by atoms with van der Waals surface area (Å²) in [6.07, 6.45) is 6.13. The van der Waals surface area contributed by atoms with E-state index >= 15 is 0 Å². The van der Waals surface area contributed by atoms with Gasteiger partial charge in [-0.15, -0.1) is 0 Å². The second-order valence-corrected chi connectivity index (χ2v) is 10.6. The zero-order valence-electron chi connectivity index (χ0n) is 20.1. The van der Waals surface area contributed by atoms with E-state index in [4.69, 9.17) is 4.98 Å². The smallest absolute Gasteiger partial charge is 0.317 e. The number of pyridine rings is 2. The number of anilines is 1. The SMILES string of the molecule is Cc1cc(C2NNC3CC4NC(=O)N([C@@H]5CCCN(c6cccc(C)n6)C5)CC4CC32)ccn1. The average Bonchev–Trinajstić information content (AvgIpc) is 3.25. The Balaban J connectivity index is 1.16. The van der Waals surface area contributed by atoms with Crippen LogP contribution in [-0.4, -0.2) is 58.7 Å². The third kappa shape index (κ3) is 4.03. The number of hydrogen-bond acceptors (Lipinski definition) is 6. The van der Waals surface area contributed by atoms with E-state index in [-0.39, 0.29) is 24.2 Å². The molecule has 0 bridgehead atoms. The second kappa shape index (κ2) is 8.82. The lowest BCUT2D eigenvalue weighted by atomic mass is 9.71. The van der Waals surface area contributed by atoms with Crippen LogP contribution in [0, 0.1) is 25.7 Å². The van der Waals surface area contributed by atoms with Crippen LogP contribution in [0.1, 0.15) is 48.7 Å². The van der Waals surface area contributed by atoms with Crippen LogP contribution >= 0.6 is 0 Å². The number of amides is 2. The molecule has 1 saturated carbocycles. The third-order valence-electron chi connectivity index (χ3n) is 8.34. The number of carbonyl (C=O) groups excluding carboxylic acids is 1. The van der Waals surface area contributed by atoms with Crippen molar-refractivity contribution in [2.45, 2.75) is 63.7 Å². The van der Waals surface area contributed by atoms with Gasteiger partial charge in [0.25, 0.3) is 0 Å². The zero-order chi connectivity index (χ0) is 23.2. The molecule has 0 radical (unpaired) electrons. The fraction of sp³-hybridized carbons (Fsp3) is 0.577. The van der Waals surface area contributed by atoms with Crippen LogP contribution in [0.4, 0.5) is 10.6 Å². The van der Waals surface area contributed by atoms with Gasteiger partial charge < -0.3 is 15.1 Å². The number of nitrogens with one attached hydrogen (secondary N) is 3. The van der Waals surface area contributed by atoms with Gasteiger partial charge in [0, 0.05) is 49.3 Å². The third-order valence-corrected chi connectivity index (χ3v) is 8.34. The standard InChI is InChI=1S/C26H35N7O/c1-16-5-3-7-24(28-16)32-10-4-6-20(15-32)33-14-19-12-21-23(13-22(19)29-26(33)34)30-31-25(21)18-8-9-27-17(2)11-18/h3,5,7-9,11,19-23,25,30-31H,4,6,10,12-15H2,1-2H3,(H,29,34)/t19?,20-,21?,22?,23?,25?/m1/s1. The van der Waals surface area contributed by atoms with E-state index in [1.54, 1.807) is 0 Å². The predicted octanol–water partition coefficient (Wildman–Crippen LogP) is 2.70. The number of aryl methyl sites for hydroxylation is 2. The molecule has 4 aliphatic rings. The molecule has 5 unspecified atom stereocenters. The van der Waals surface area contributed by atoms with Gasteiger partial charge in [0.05, 0.1) is 12.1 Å². The average molecular weight is 462 g/mol. The Morgan fingerprint density at radius 3 is 2.79 bits per heavy atom. The molecule has 3 saturated heterocycles. The van der Waals surface area contributed by atoms with Crippen molar-refractivity contribution in [2.75, 3.05) is 24.5 Å². The molecule has 3 N–H and O–H groups in total. The van der Waals surface area contributed by atoms with Gasteiger partial charge in [-0.2, -0.15) is 0 Å². The minimum Gasteiger partial charge on any atom is -0.355 e. The van der Waals surface area contributed by atoms with E-state index in [9.17, 15) is 4.79 Å². The van der Waals surface area contributed by atoms with Crippen molar-refractivity contribution in [1.82, 2.24) is 31.0 Å². The van der Waals surface area contributed by atoms with Crippen molar-refractivity contribution in [2.24, 2.45) is 11.8 Å². The monoisotopic (exact) mass is 461 g/mol. The van der Waals surface area contributed by atoms with Crippen LogP contribution in [0.25, 0.3) is 0 Å². The number of carbonyl (C=O) groups is 1. The highest BCUT2D eigenvalue weighted by Crippen LogP contribution is 2.42. The largest absolute Gasteiger partial charge is 0.355 e. The number of hydrazine groups is 1. The van der Waals surface area contributed by atoms with E-state index in [2.05, 4.69) is 62.1 Å². The van der Waals surface area contributed by atoms with Gasteiger partial charge in [0.2, 0.25) is 0 Å². The minimum absolute atomic E-state index is 0.107. The maximum absolute atomic E-state index is 13.2. The number of nitrogens with zero attached hydrogens (tertiary/aromatic N) is 4. The minimum atomic E-state index is 0.107. The van der Waals surface area contributed by atoms with Gasteiger partial charge in [-0.1, -0.05) is 6.07 Å². The number of aromatic nitrogens is 2. The maximum atomic E-state index is 13.2. The normalized spacial score (nSPS) is 33.3. The molecule has 3 aliphatic heterocycles. The van der Waals surface area contributed by atoms with Gasteiger partial charge in [0.1, 0.15) is 5.82 Å². The summed E-state index contributed by atoms with van der Waals surface area (Å²) in [6, 6.07) is 11.8. The molecule has 1 aliphatic carbocycles. The van der Waals surface area contributed by atoms with Gasteiger partial charge in [-0.05, 0) is 81.2 Å². The van der Waals surface area contributed by atoms with Crippen LogP contribution in [0.15, 0.2) is 36.5 Å². The lowest BCUT2D eigenvalue weighted by Gasteiger charge is -2.49. The lowest BCUT2D eigenvalue weighted by molar-refractivity contribution is 0.0764. The molecule has 180 valence electrons. The molecule has 2 aromatic rings. The van der Waals surface area contributed by atoms with Gasteiger partial charge in [-0.3, -0.25) is 10.4 Å². The fourth-order valence-electron chi connectivity index (χ4n) is 6.64. The topological polar surface area (TPSA) is 85.4 Å². The highest BCUT2D eigenvalue weighted by Gasteiger charge is 2.48. The van der Waals surface area contributed by atoms with Gasteiger partial charge in [0.15, 0.2) is 0 Å². The summed E-state index contributed by atoms with van der Waals surface area (Å²) in [6.45, 7) is 6.79. The maximum Gasteiger partial charge on any atom is 0.317 e. The highest BCUT2D eigenvalue weighted by molar-refractivity contribution is 5.76. The van der Waals surface area contributed by atoms with E-state index in [0.29, 0.717) is 17.9 Å². The van der Waals surface area contributed by atoms with Gasteiger partial charge >= 0.3 is 6.03 Å². The van der Waals surface area contributed by atoms with Crippen LogP contribution in [-0.2, 0) is 0 Å². The van der Waals surface area contributed by atoms with Crippen molar-refractivity contribution in [1.29, 1.82) is 0 Å². The molecule has 2 aromatic heterocycles. The molecule has 4 fully saturated rings. The summed E-state index contributed by atoms with van der Waals surface area (Å²) in [5.41, 5.74) is 10.5. The molecule has 2 amide bonds. The van der Waals surface area contributed by atoms with Crippen LogP contribution < -0.4 is 21.1 Å². The van der Waals surface area contributed by atoms with E-state index in [0.717, 1.165) is 62.5 Å². The highest BCUT2D eigenvalue weighted by atomic mass is 16.2. The summed E-state index contributed by atoms with van der Waals surface area (Å²) >= 11 is 0. The summed E-state index contributed by atoms with van der Waals surface area (Å²) in [7, 11) is 0. The Bertz CT molecular complexity index is 1060. The molecular weight excluding hydrogens is 426 g/mol. The first kappa shape index (κ1) is 21.8. The molecule has 0 aromatic carbocycles. The van der Waals surface area contributed by atoms with E-state index in [1.807, 2.05) is 19.2 Å². The fourth-order valence-corrected chi connectivity index (χ4v) is 6.64. The molecule has 5 heterocycles. The quantitative estimate of drug-likeness (QED) is 0.652. The zero-order valence-corrected chi connectivity index (χ0v) is 20.1. The van der Waals surface area contributed by atoms with Crippen LogP contribution in [0.3, 0.4) is 0 Å². The first-order chi connectivity index (χ1) is 16.5. The van der Waals surface area contributed by atoms with Gasteiger partial charge in [-0.25, -0.2) is 15.2 Å². The van der Waals surface area contributed by atoms with E-state index < -0.39 is 0 Å². The number of urea groups is 1. The molecule has 6 rings (SSSR count). The first-order valence-corrected chi connectivity index (χ1v) is 12.7.